The first kappa shape index (κ1) is 12.1. The van der Waals surface area contributed by atoms with E-state index in [2.05, 4.69) is 10.2 Å². The Morgan fingerprint density at radius 2 is 2.18 bits per heavy atom. The molecule has 0 aliphatic heterocycles. The first-order valence-electron chi connectivity index (χ1n) is 5.81. The van der Waals surface area contributed by atoms with Gasteiger partial charge in [0, 0.05) is 22.7 Å². The van der Waals surface area contributed by atoms with Gasteiger partial charge in [0.2, 0.25) is 0 Å². The van der Waals surface area contributed by atoms with Crippen molar-refractivity contribution in [3.05, 3.63) is 17.5 Å². The number of nitrogens with one attached hydrogen (secondary N) is 1. The van der Waals surface area contributed by atoms with Crippen LogP contribution >= 0.6 is 0 Å². The number of hydrogen-bond acceptors (Lipinski definition) is 3. The van der Waals surface area contributed by atoms with Crippen molar-refractivity contribution in [3.63, 3.8) is 0 Å². The van der Waals surface area contributed by atoms with E-state index in [4.69, 9.17) is 5.73 Å². The number of aromatic nitrogens is 2. The number of hydrogen-bond donors (Lipinski definition) is 3. The van der Waals surface area contributed by atoms with Crippen LogP contribution in [-0.4, -0.2) is 27.3 Å². The predicted octanol–water partition coefficient (Wildman–Crippen LogP) is 1.15. The molecule has 5 nitrogen and oxygen atoms in total. The first-order chi connectivity index (χ1) is 7.77. The van der Waals surface area contributed by atoms with Crippen molar-refractivity contribution in [1.82, 2.24) is 10.2 Å². The Hall–Kier alpha value is -1.36. The SMILES string of the molecule is CC(C)(C)c1[nH]ncc1C1(C(=O)O)CC(N)C1. The maximum absolute atomic E-state index is 11.5. The molecule has 2 rings (SSSR count). The van der Waals surface area contributed by atoms with Gasteiger partial charge in [0.25, 0.3) is 0 Å². The van der Waals surface area contributed by atoms with Gasteiger partial charge in [-0.2, -0.15) is 5.10 Å². The molecule has 1 fully saturated rings. The summed E-state index contributed by atoms with van der Waals surface area (Å²) in [5.74, 6) is -0.800. The average molecular weight is 237 g/mol. The number of rotatable bonds is 2. The molecule has 1 aliphatic rings. The van der Waals surface area contributed by atoms with Crippen LogP contribution in [0.15, 0.2) is 6.20 Å². The van der Waals surface area contributed by atoms with Gasteiger partial charge in [0.15, 0.2) is 0 Å². The van der Waals surface area contributed by atoms with E-state index in [1.807, 2.05) is 20.8 Å². The van der Waals surface area contributed by atoms with Crippen LogP contribution in [0.1, 0.15) is 44.9 Å². The number of carboxylic acid groups (broad SMARTS) is 1. The zero-order valence-electron chi connectivity index (χ0n) is 10.4. The molecule has 0 atom stereocenters. The third kappa shape index (κ3) is 1.74. The number of aliphatic carboxylic acids is 1. The van der Waals surface area contributed by atoms with E-state index in [0.29, 0.717) is 12.8 Å². The lowest BCUT2D eigenvalue weighted by Gasteiger charge is -2.43. The molecular weight excluding hydrogens is 218 g/mol. The van der Waals surface area contributed by atoms with Crippen LogP contribution in [0.3, 0.4) is 0 Å². The normalized spacial score (nSPS) is 28.8. The molecule has 0 saturated heterocycles. The molecule has 5 heteroatoms. The number of aromatic amines is 1. The number of carboxylic acids is 1. The average Bonchev–Trinajstić information content (AvgIpc) is 2.59. The quantitative estimate of drug-likeness (QED) is 0.719. The van der Waals surface area contributed by atoms with Gasteiger partial charge < -0.3 is 10.8 Å². The highest BCUT2D eigenvalue weighted by Gasteiger charge is 2.52. The summed E-state index contributed by atoms with van der Waals surface area (Å²) in [5.41, 5.74) is 6.47. The van der Waals surface area contributed by atoms with E-state index < -0.39 is 11.4 Å². The summed E-state index contributed by atoms with van der Waals surface area (Å²) in [6, 6.07) is -0.0196. The maximum atomic E-state index is 11.5. The predicted molar refractivity (Wildman–Crippen MR) is 63.8 cm³/mol. The Bertz CT molecular complexity index is 439. The highest BCUT2D eigenvalue weighted by molar-refractivity contribution is 5.83. The third-order valence-electron chi connectivity index (χ3n) is 3.54. The second-order valence-electron chi connectivity index (χ2n) is 5.96. The van der Waals surface area contributed by atoms with Crippen LogP contribution in [0.5, 0.6) is 0 Å². The van der Waals surface area contributed by atoms with Gasteiger partial charge in [-0.05, 0) is 12.8 Å². The largest absolute Gasteiger partial charge is 0.481 e. The molecule has 0 spiro atoms. The summed E-state index contributed by atoms with van der Waals surface area (Å²) in [4.78, 5) is 11.5. The molecular formula is C12H19N3O2. The van der Waals surface area contributed by atoms with Crippen LogP contribution in [0, 0.1) is 0 Å². The Kier molecular flexibility index (Phi) is 2.54. The molecule has 0 unspecified atom stereocenters. The topological polar surface area (TPSA) is 92.0 Å². The molecule has 1 aromatic rings. The summed E-state index contributed by atoms with van der Waals surface area (Å²) in [6.45, 7) is 6.12. The Labute approximate surface area is 100 Å². The van der Waals surface area contributed by atoms with E-state index >= 15 is 0 Å². The van der Waals surface area contributed by atoms with Crippen molar-refractivity contribution >= 4 is 5.97 Å². The molecule has 1 heterocycles. The minimum atomic E-state index is -0.838. The molecule has 0 radical (unpaired) electrons. The van der Waals surface area contributed by atoms with Gasteiger partial charge >= 0.3 is 5.97 Å². The Morgan fingerprint density at radius 3 is 2.59 bits per heavy atom. The van der Waals surface area contributed by atoms with Gasteiger partial charge in [-0.15, -0.1) is 0 Å². The van der Waals surface area contributed by atoms with Crippen LogP contribution in [0.2, 0.25) is 0 Å². The molecule has 1 aliphatic carbocycles. The summed E-state index contributed by atoms with van der Waals surface area (Å²) < 4.78 is 0. The fourth-order valence-corrected chi connectivity index (χ4v) is 2.57. The van der Waals surface area contributed by atoms with Gasteiger partial charge in [-0.3, -0.25) is 9.89 Å². The van der Waals surface area contributed by atoms with Crippen molar-refractivity contribution in [3.8, 4) is 0 Å². The fourth-order valence-electron chi connectivity index (χ4n) is 2.57. The highest BCUT2D eigenvalue weighted by Crippen LogP contribution is 2.46. The number of nitrogens with two attached hydrogens (primary N) is 1. The molecule has 0 amide bonds. The molecule has 17 heavy (non-hydrogen) atoms. The smallest absolute Gasteiger partial charge is 0.314 e. The second-order valence-corrected chi connectivity index (χ2v) is 5.96. The Morgan fingerprint density at radius 1 is 1.59 bits per heavy atom. The van der Waals surface area contributed by atoms with Crippen molar-refractivity contribution < 1.29 is 9.90 Å². The lowest BCUT2D eigenvalue weighted by Crippen LogP contribution is -2.54. The molecule has 1 saturated carbocycles. The van der Waals surface area contributed by atoms with E-state index in [1.54, 1.807) is 6.20 Å². The number of carbonyl (C=O) groups is 1. The number of H-pyrrole nitrogens is 1. The molecule has 0 aromatic carbocycles. The van der Waals surface area contributed by atoms with Crippen molar-refractivity contribution in [2.45, 2.75) is 50.5 Å². The summed E-state index contributed by atoms with van der Waals surface area (Å²) in [7, 11) is 0. The van der Waals surface area contributed by atoms with Crippen LogP contribution in [-0.2, 0) is 15.6 Å². The van der Waals surface area contributed by atoms with Crippen LogP contribution < -0.4 is 5.73 Å². The van der Waals surface area contributed by atoms with E-state index in [9.17, 15) is 9.90 Å². The van der Waals surface area contributed by atoms with E-state index in [1.165, 1.54) is 0 Å². The van der Waals surface area contributed by atoms with E-state index in [-0.39, 0.29) is 11.5 Å². The zero-order valence-corrected chi connectivity index (χ0v) is 10.4. The standard InChI is InChI=1S/C12H19N3O2/c1-11(2,3)9-8(6-14-15-9)12(10(16)17)4-7(13)5-12/h6-7H,4-5,13H2,1-3H3,(H,14,15)(H,16,17). The lowest BCUT2D eigenvalue weighted by molar-refractivity contribution is -0.148. The highest BCUT2D eigenvalue weighted by atomic mass is 16.4. The van der Waals surface area contributed by atoms with Crippen molar-refractivity contribution in [2.24, 2.45) is 5.73 Å². The monoisotopic (exact) mass is 237 g/mol. The number of nitrogens with zero attached hydrogens (tertiary/aromatic N) is 1. The van der Waals surface area contributed by atoms with Crippen LogP contribution in [0.25, 0.3) is 0 Å². The maximum Gasteiger partial charge on any atom is 0.314 e. The second kappa shape index (κ2) is 3.57. The molecule has 0 bridgehead atoms. The lowest BCUT2D eigenvalue weighted by atomic mass is 9.60. The minimum Gasteiger partial charge on any atom is -0.481 e. The molecule has 94 valence electrons. The minimum absolute atomic E-state index is 0.0196. The van der Waals surface area contributed by atoms with Gasteiger partial charge in [-0.1, -0.05) is 20.8 Å². The third-order valence-corrected chi connectivity index (χ3v) is 3.54. The zero-order chi connectivity index (χ0) is 12.8. The Balaban J connectivity index is 2.46. The summed E-state index contributed by atoms with van der Waals surface area (Å²) in [5, 5.41) is 16.4. The van der Waals surface area contributed by atoms with Crippen molar-refractivity contribution in [2.75, 3.05) is 0 Å². The van der Waals surface area contributed by atoms with Crippen LogP contribution in [0.4, 0.5) is 0 Å². The molecule has 1 aromatic heterocycles. The molecule has 4 N–H and O–H groups in total. The summed E-state index contributed by atoms with van der Waals surface area (Å²) in [6.07, 6.45) is 2.62. The van der Waals surface area contributed by atoms with Gasteiger partial charge in [-0.25, -0.2) is 0 Å². The van der Waals surface area contributed by atoms with Crippen molar-refractivity contribution in [1.29, 1.82) is 0 Å². The first-order valence-corrected chi connectivity index (χ1v) is 5.81. The van der Waals surface area contributed by atoms with Gasteiger partial charge in [0.1, 0.15) is 0 Å². The van der Waals surface area contributed by atoms with Gasteiger partial charge in [0.05, 0.1) is 11.6 Å². The van der Waals surface area contributed by atoms with E-state index in [0.717, 1.165) is 11.3 Å². The summed E-state index contributed by atoms with van der Waals surface area (Å²) >= 11 is 0. The fraction of sp³-hybridized carbons (Fsp3) is 0.667.